The second-order valence-corrected chi connectivity index (χ2v) is 7.72. The van der Waals surface area contributed by atoms with E-state index in [1.807, 2.05) is 30.3 Å². The number of nitrogens with one attached hydrogen (secondary N) is 1. The summed E-state index contributed by atoms with van der Waals surface area (Å²) in [5, 5.41) is 4.71. The molecule has 0 unspecified atom stereocenters. The first-order chi connectivity index (χ1) is 15.5. The second-order valence-electron chi connectivity index (χ2n) is 6.46. The average Bonchev–Trinajstić information content (AvgIpc) is 2.78. The molecule has 0 fully saturated rings. The fourth-order valence-corrected chi connectivity index (χ4v) is 3.56. The Morgan fingerprint density at radius 2 is 1.69 bits per heavy atom. The highest BCUT2D eigenvalue weighted by molar-refractivity contribution is 6.40. The quantitative estimate of drug-likeness (QED) is 0.304. The highest BCUT2D eigenvalue weighted by Crippen LogP contribution is 2.35. The van der Waals surface area contributed by atoms with E-state index in [-0.39, 0.29) is 22.4 Å². The number of carbonyl (C=O) groups is 1. The van der Waals surface area contributed by atoms with E-state index in [1.165, 1.54) is 18.3 Å². The van der Waals surface area contributed by atoms with Gasteiger partial charge in [0.15, 0.2) is 23.9 Å². The predicted octanol–water partition coefficient (Wildman–Crippen LogP) is 5.76. The van der Waals surface area contributed by atoms with Gasteiger partial charge in [0.1, 0.15) is 6.61 Å². The van der Waals surface area contributed by atoms with Crippen LogP contribution in [0.2, 0.25) is 15.1 Å². The summed E-state index contributed by atoms with van der Waals surface area (Å²) in [7, 11) is 1.55. The Kier molecular flexibility index (Phi) is 8.62. The molecule has 0 atom stereocenters. The molecule has 0 aromatic heterocycles. The van der Waals surface area contributed by atoms with Crippen LogP contribution >= 0.6 is 34.8 Å². The molecule has 0 saturated carbocycles. The molecule has 166 valence electrons. The molecular formula is C23H19Cl3N2O4. The van der Waals surface area contributed by atoms with Crippen LogP contribution in [0, 0.1) is 0 Å². The Hall–Kier alpha value is -2.93. The lowest BCUT2D eigenvalue weighted by Crippen LogP contribution is -2.24. The van der Waals surface area contributed by atoms with Crippen molar-refractivity contribution in [3.8, 4) is 17.2 Å². The molecule has 0 bridgehead atoms. The first-order valence-corrected chi connectivity index (χ1v) is 10.5. The van der Waals surface area contributed by atoms with Gasteiger partial charge in [-0.3, -0.25) is 4.79 Å². The smallest absolute Gasteiger partial charge is 0.277 e. The first kappa shape index (κ1) is 23.7. The summed E-state index contributed by atoms with van der Waals surface area (Å²) in [5.41, 5.74) is 4.13. The van der Waals surface area contributed by atoms with E-state index in [2.05, 4.69) is 10.5 Å². The number of hydrogen-bond acceptors (Lipinski definition) is 5. The van der Waals surface area contributed by atoms with Crippen molar-refractivity contribution in [3.05, 3.63) is 86.9 Å². The third-order valence-electron chi connectivity index (χ3n) is 4.14. The largest absolute Gasteiger partial charge is 0.493 e. The first-order valence-electron chi connectivity index (χ1n) is 9.40. The normalized spacial score (nSPS) is 10.8. The van der Waals surface area contributed by atoms with Gasteiger partial charge < -0.3 is 14.2 Å². The lowest BCUT2D eigenvalue weighted by atomic mass is 10.2. The van der Waals surface area contributed by atoms with Crippen molar-refractivity contribution in [3.63, 3.8) is 0 Å². The number of benzene rings is 3. The molecule has 3 rings (SSSR count). The fraction of sp³-hybridized carbons (Fsp3) is 0.130. The van der Waals surface area contributed by atoms with E-state index in [0.717, 1.165) is 5.56 Å². The lowest BCUT2D eigenvalue weighted by molar-refractivity contribution is -0.123. The fourth-order valence-electron chi connectivity index (χ4n) is 2.63. The summed E-state index contributed by atoms with van der Waals surface area (Å²) < 4.78 is 16.6. The van der Waals surface area contributed by atoms with Gasteiger partial charge in [-0.15, -0.1) is 0 Å². The van der Waals surface area contributed by atoms with Crippen molar-refractivity contribution in [2.75, 3.05) is 13.7 Å². The van der Waals surface area contributed by atoms with E-state index in [4.69, 9.17) is 49.0 Å². The van der Waals surface area contributed by atoms with Gasteiger partial charge in [-0.25, -0.2) is 5.43 Å². The molecule has 0 heterocycles. The zero-order chi connectivity index (χ0) is 22.9. The molecule has 1 N–H and O–H groups in total. The Balaban J connectivity index is 1.54. The minimum atomic E-state index is -0.488. The number of hydrogen-bond donors (Lipinski definition) is 1. The van der Waals surface area contributed by atoms with Gasteiger partial charge in [0.05, 0.1) is 23.4 Å². The van der Waals surface area contributed by atoms with Crippen molar-refractivity contribution in [2.45, 2.75) is 6.61 Å². The Morgan fingerprint density at radius 1 is 0.969 bits per heavy atom. The zero-order valence-electron chi connectivity index (χ0n) is 17.0. The molecule has 9 heteroatoms. The van der Waals surface area contributed by atoms with Gasteiger partial charge in [0, 0.05) is 5.02 Å². The van der Waals surface area contributed by atoms with Gasteiger partial charge >= 0.3 is 0 Å². The average molecular weight is 494 g/mol. The van der Waals surface area contributed by atoms with E-state index in [1.54, 1.807) is 25.3 Å². The molecule has 0 saturated heterocycles. The maximum atomic E-state index is 12.0. The van der Waals surface area contributed by atoms with Gasteiger partial charge in [-0.2, -0.15) is 5.10 Å². The molecule has 0 aliphatic rings. The van der Waals surface area contributed by atoms with Crippen molar-refractivity contribution in [1.82, 2.24) is 5.43 Å². The van der Waals surface area contributed by atoms with Crippen molar-refractivity contribution >= 4 is 46.9 Å². The van der Waals surface area contributed by atoms with E-state index in [9.17, 15) is 4.79 Å². The van der Waals surface area contributed by atoms with Crippen molar-refractivity contribution in [2.24, 2.45) is 5.10 Å². The van der Waals surface area contributed by atoms with Crippen LogP contribution in [-0.2, 0) is 11.4 Å². The van der Waals surface area contributed by atoms with Gasteiger partial charge in [0.2, 0.25) is 0 Å². The molecule has 6 nitrogen and oxygen atoms in total. The second kappa shape index (κ2) is 11.6. The summed E-state index contributed by atoms with van der Waals surface area (Å²) >= 11 is 17.9. The number of methoxy groups -OCH3 is 1. The minimum Gasteiger partial charge on any atom is -0.493 e. The highest BCUT2D eigenvalue weighted by atomic mass is 35.5. The molecule has 3 aromatic carbocycles. The standard InChI is InChI=1S/C23H19Cl3N2O4/c1-30-21-9-16(7-8-20(21)31-13-15-5-3-2-4-6-15)12-27-28-22(29)14-32-23-18(25)10-17(24)11-19(23)26/h2-12H,13-14H2,1H3,(H,28,29). The molecule has 3 aromatic rings. The Bertz CT molecular complexity index is 1080. The van der Waals surface area contributed by atoms with Crippen molar-refractivity contribution < 1.29 is 19.0 Å². The highest BCUT2D eigenvalue weighted by Gasteiger charge is 2.11. The molecule has 0 spiro atoms. The monoisotopic (exact) mass is 492 g/mol. The van der Waals surface area contributed by atoms with Crippen LogP contribution in [-0.4, -0.2) is 25.8 Å². The number of nitrogens with zero attached hydrogens (tertiary/aromatic N) is 1. The van der Waals surface area contributed by atoms with Crippen molar-refractivity contribution in [1.29, 1.82) is 0 Å². The third kappa shape index (κ3) is 6.79. The lowest BCUT2D eigenvalue weighted by Gasteiger charge is -2.11. The summed E-state index contributed by atoms with van der Waals surface area (Å²) in [5.74, 6) is 0.833. The third-order valence-corrected chi connectivity index (χ3v) is 4.92. The van der Waals surface area contributed by atoms with E-state index in [0.29, 0.717) is 28.7 Å². The van der Waals surface area contributed by atoms with Crippen LogP contribution in [0.15, 0.2) is 65.8 Å². The number of ether oxygens (including phenoxy) is 3. The SMILES string of the molecule is COc1cc(C=NNC(=O)COc2c(Cl)cc(Cl)cc2Cl)ccc1OCc1ccccc1. The van der Waals surface area contributed by atoms with Crippen LogP contribution in [0.1, 0.15) is 11.1 Å². The summed E-state index contributed by atoms with van der Waals surface area (Å²) in [4.78, 5) is 12.0. The van der Waals surface area contributed by atoms with Crippen LogP contribution < -0.4 is 19.6 Å². The number of rotatable bonds is 9. The molecule has 1 amide bonds. The van der Waals surface area contributed by atoms with E-state index < -0.39 is 5.91 Å². The van der Waals surface area contributed by atoms with Gasteiger partial charge in [-0.05, 0) is 41.5 Å². The number of hydrazone groups is 1. The zero-order valence-corrected chi connectivity index (χ0v) is 19.2. The molecule has 32 heavy (non-hydrogen) atoms. The maximum Gasteiger partial charge on any atom is 0.277 e. The minimum absolute atomic E-state index is 0.174. The number of carbonyl (C=O) groups excluding carboxylic acids is 1. The summed E-state index contributed by atoms with van der Waals surface area (Å²) in [6.45, 7) is 0.0936. The van der Waals surface area contributed by atoms with E-state index >= 15 is 0 Å². The van der Waals surface area contributed by atoms with Crippen LogP contribution in [0.25, 0.3) is 0 Å². The topological polar surface area (TPSA) is 69.2 Å². The van der Waals surface area contributed by atoms with Crippen LogP contribution in [0.3, 0.4) is 0 Å². The Morgan fingerprint density at radius 3 is 2.38 bits per heavy atom. The summed E-state index contributed by atoms with van der Waals surface area (Å²) in [6, 6.07) is 18.1. The van der Waals surface area contributed by atoms with Gasteiger partial charge in [0.25, 0.3) is 5.91 Å². The number of amides is 1. The Labute approximate surface area is 200 Å². The molecule has 0 aliphatic carbocycles. The molecule has 0 radical (unpaired) electrons. The maximum absolute atomic E-state index is 12.0. The molecular weight excluding hydrogens is 475 g/mol. The summed E-state index contributed by atoms with van der Waals surface area (Å²) in [6.07, 6.45) is 1.48. The van der Waals surface area contributed by atoms with Crippen LogP contribution in [0.4, 0.5) is 0 Å². The van der Waals surface area contributed by atoms with Crippen LogP contribution in [0.5, 0.6) is 17.2 Å². The molecule has 0 aliphatic heterocycles. The van der Waals surface area contributed by atoms with Gasteiger partial charge in [-0.1, -0.05) is 65.1 Å². The number of halogens is 3. The predicted molar refractivity (Wildman–Crippen MR) is 126 cm³/mol.